The summed E-state index contributed by atoms with van der Waals surface area (Å²) in [5.74, 6) is -0.607. The summed E-state index contributed by atoms with van der Waals surface area (Å²) in [6.07, 6.45) is 0.244. The van der Waals surface area contributed by atoms with Crippen molar-refractivity contribution in [3.8, 4) is 0 Å². The van der Waals surface area contributed by atoms with E-state index in [0.29, 0.717) is 22.8 Å². The first-order chi connectivity index (χ1) is 21.1. The number of nitrogens with one attached hydrogen (secondary N) is 1. The summed E-state index contributed by atoms with van der Waals surface area (Å²) < 4.78 is 29.3. The molecule has 0 spiro atoms. The van der Waals surface area contributed by atoms with Crippen LogP contribution in [0, 0.1) is 0 Å². The van der Waals surface area contributed by atoms with Crippen molar-refractivity contribution in [2.45, 2.75) is 50.6 Å². The van der Waals surface area contributed by atoms with Crippen molar-refractivity contribution in [1.82, 2.24) is 10.2 Å². The lowest BCUT2D eigenvalue weighted by atomic mass is 10.0. The van der Waals surface area contributed by atoms with Gasteiger partial charge in [-0.15, -0.1) is 0 Å². The Morgan fingerprint density at radius 1 is 0.818 bits per heavy atom. The number of carbonyl (C=O) groups excluding carboxylic acids is 2. The largest absolute Gasteiger partial charge is 0.355 e. The number of likely N-dealkylation sites (N-methyl/N-ethyl adjacent to an activating group) is 1. The number of amides is 2. The Balaban J connectivity index is 1.79. The molecule has 0 heterocycles. The molecule has 44 heavy (non-hydrogen) atoms. The van der Waals surface area contributed by atoms with Crippen LogP contribution in [-0.2, 0) is 32.6 Å². The van der Waals surface area contributed by atoms with Crippen molar-refractivity contribution >= 4 is 39.1 Å². The molecule has 0 saturated heterocycles. The third kappa shape index (κ3) is 8.27. The quantitative estimate of drug-likeness (QED) is 0.184. The molecule has 9 heteroatoms. The molecule has 0 aromatic heterocycles. The maximum absolute atomic E-state index is 14.4. The van der Waals surface area contributed by atoms with Gasteiger partial charge in [0, 0.05) is 24.5 Å². The maximum atomic E-state index is 14.4. The second-order valence-electron chi connectivity index (χ2n) is 10.8. The highest BCUT2D eigenvalue weighted by Crippen LogP contribution is 2.27. The molecule has 0 aliphatic carbocycles. The normalized spacial score (nSPS) is 12.0. The Labute approximate surface area is 265 Å². The highest BCUT2D eigenvalue weighted by Gasteiger charge is 2.34. The van der Waals surface area contributed by atoms with Crippen LogP contribution in [0.5, 0.6) is 0 Å². The highest BCUT2D eigenvalue weighted by molar-refractivity contribution is 7.92. The second-order valence-corrected chi connectivity index (χ2v) is 13.1. The molecule has 4 aromatic rings. The zero-order valence-electron chi connectivity index (χ0n) is 25.2. The number of sulfonamides is 1. The van der Waals surface area contributed by atoms with Gasteiger partial charge in [-0.25, -0.2) is 8.42 Å². The summed E-state index contributed by atoms with van der Waals surface area (Å²) >= 11 is 6.29. The van der Waals surface area contributed by atoms with Crippen LogP contribution in [0.3, 0.4) is 0 Å². The lowest BCUT2D eigenvalue weighted by molar-refractivity contribution is -0.140. The Bertz CT molecular complexity index is 1650. The fourth-order valence-electron chi connectivity index (χ4n) is 4.95. The highest BCUT2D eigenvalue weighted by atomic mass is 35.5. The van der Waals surface area contributed by atoms with E-state index < -0.39 is 28.5 Å². The molecule has 1 N–H and O–H groups in total. The predicted molar refractivity (Wildman–Crippen MR) is 176 cm³/mol. The minimum absolute atomic E-state index is 0.0551. The first-order valence-electron chi connectivity index (χ1n) is 14.6. The number of hydrogen-bond donors (Lipinski definition) is 1. The van der Waals surface area contributed by atoms with E-state index in [-0.39, 0.29) is 29.7 Å². The lowest BCUT2D eigenvalue weighted by Crippen LogP contribution is -2.53. The fraction of sp³-hybridized carbons (Fsp3) is 0.257. The number of rotatable bonds is 13. The third-order valence-corrected chi connectivity index (χ3v) is 9.35. The Morgan fingerprint density at radius 2 is 1.43 bits per heavy atom. The summed E-state index contributed by atoms with van der Waals surface area (Å²) in [6.45, 7) is 5.84. The minimum atomic E-state index is -4.15. The molecule has 4 aromatic carbocycles. The Kier molecular flexibility index (Phi) is 11.2. The number of halogens is 1. The molecule has 4 rings (SSSR count). The van der Waals surface area contributed by atoms with Crippen molar-refractivity contribution in [1.29, 1.82) is 0 Å². The van der Waals surface area contributed by atoms with E-state index in [1.165, 1.54) is 17.0 Å². The van der Waals surface area contributed by atoms with Gasteiger partial charge < -0.3 is 10.2 Å². The van der Waals surface area contributed by atoms with E-state index in [4.69, 9.17) is 11.6 Å². The van der Waals surface area contributed by atoms with E-state index in [0.717, 1.165) is 15.4 Å². The number of nitrogens with zero attached hydrogens (tertiary/aromatic N) is 2. The van der Waals surface area contributed by atoms with Crippen molar-refractivity contribution in [2.75, 3.05) is 17.4 Å². The van der Waals surface area contributed by atoms with Crippen LogP contribution in [0.15, 0.2) is 114 Å². The molecule has 0 aliphatic rings. The molecular weight excluding hydrogens is 594 g/mol. The van der Waals surface area contributed by atoms with Gasteiger partial charge in [-0.1, -0.05) is 98.2 Å². The molecule has 0 unspecified atom stereocenters. The molecule has 0 saturated carbocycles. The zero-order chi connectivity index (χ0) is 31.7. The zero-order valence-corrected chi connectivity index (χ0v) is 26.8. The standard InChI is InChI=1S/C35H38ClN3O4S/c1-4-37-35(41)33(23-27-12-7-5-8-13-27)38(24-28-14-11-15-30(36)22-28)34(40)25-39(31-20-18-29(19-21-31)26(2)3)44(42,43)32-16-9-6-10-17-32/h5-22,26,33H,4,23-25H2,1-3H3,(H,37,41)/t33-/m0/s1. The second kappa shape index (κ2) is 15.0. The van der Waals surface area contributed by atoms with Crippen LogP contribution >= 0.6 is 11.6 Å². The van der Waals surface area contributed by atoms with Gasteiger partial charge in [-0.3, -0.25) is 13.9 Å². The van der Waals surface area contributed by atoms with E-state index in [1.807, 2.05) is 55.5 Å². The summed E-state index contributed by atoms with van der Waals surface area (Å²) in [4.78, 5) is 29.5. The van der Waals surface area contributed by atoms with Crippen LogP contribution in [0.1, 0.15) is 43.4 Å². The first kappa shape index (κ1) is 32.8. The third-order valence-electron chi connectivity index (χ3n) is 7.32. The van der Waals surface area contributed by atoms with Crippen molar-refractivity contribution < 1.29 is 18.0 Å². The smallest absolute Gasteiger partial charge is 0.264 e. The van der Waals surface area contributed by atoms with E-state index in [1.54, 1.807) is 48.5 Å². The summed E-state index contributed by atoms with van der Waals surface area (Å²) in [6, 6.07) is 30.8. The molecular formula is C35H38ClN3O4S. The van der Waals surface area contributed by atoms with E-state index in [9.17, 15) is 18.0 Å². The molecule has 0 radical (unpaired) electrons. The summed E-state index contributed by atoms with van der Waals surface area (Å²) in [7, 11) is -4.15. The van der Waals surface area contributed by atoms with Crippen molar-refractivity contribution in [2.24, 2.45) is 0 Å². The van der Waals surface area contributed by atoms with Crippen molar-refractivity contribution in [3.05, 3.63) is 131 Å². The average molecular weight is 632 g/mol. The van der Waals surface area contributed by atoms with Gasteiger partial charge in [0.25, 0.3) is 10.0 Å². The van der Waals surface area contributed by atoms with E-state index in [2.05, 4.69) is 19.2 Å². The number of benzene rings is 4. The molecule has 1 atom stereocenters. The van der Waals surface area contributed by atoms with Gasteiger partial charge >= 0.3 is 0 Å². The summed E-state index contributed by atoms with van der Waals surface area (Å²) in [5.41, 5.74) is 2.98. The number of anilines is 1. The van der Waals surface area contributed by atoms with E-state index >= 15 is 0 Å². The monoisotopic (exact) mass is 631 g/mol. The maximum Gasteiger partial charge on any atom is 0.264 e. The molecule has 230 valence electrons. The van der Waals surface area contributed by atoms with Crippen LogP contribution in [0.25, 0.3) is 0 Å². The number of hydrogen-bond acceptors (Lipinski definition) is 4. The van der Waals surface area contributed by atoms with Crippen LogP contribution in [-0.4, -0.2) is 44.3 Å². The minimum Gasteiger partial charge on any atom is -0.355 e. The van der Waals surface area contributed by atoms with Gasteiger partial charge in [0.1, 0.15) is 12.6 Å². The van der Waals surface area contributed by atoms with Crippen LogP contribution < -0.4 is 9.62 Å². The topological polar surface area (TPSA) is 86.8 Å². The van der Waals surface area contributed by atoms with Crippen molar-refractivity contribution in [3.63, 3.8) is 0 Å². The van der Waals surface area contributed by atoms with Gasteiger partial charge in [0.2, 0.25) is 11.8 Å². The van der Waals surface area contributed by atoms with Crippen LogP contribution in [0.4, 0.5) is 5.69 Å². The van der Waals surface area contributed by atoms with Gasteiger partial charge in [-0.2, -0.15) is 0 Å². The lowest BCUT2D eigenvalue weighted by Gasteiger charge is -2.34. The predicted octanol–water partition coefficient (Wildman–Crippen LogP) is 6.43. The summed E-state index contributed by atoms with van der Waals surface area (Å²) in [5, 5.41) is 3.36. The van der Waals surface area contributed by atoms with Gasteiger partial charge in [0.15, 0.2) is 0 Å². The van der Waals surface area contributed by atoms with Gasteiger partial charge in [0.05, 0.1) is 10.6 Å². The first-order valence-corrected chi connectivity index (χ1v) is 16.4. The average Bonchev–Trinajstić information content (AvgIpc) is 3.02. The Hall–Kier alpha value is -4.14. The number of carbonyl (C=O) groups is 2. The SMILES string of the molecule is CCNC(=O)[C@H](Cc1ccccc1)N(Cc1cccc(Cl)c1)C(=O)CN(c1ccc(C(C)C)cc1)S(=O)(=O)c1ccccc1. The molecule has 0 fully saturated rings. The van der Waals surface area contributed by atoms with Gasteiger partial charge in [-0.05, 0) is 65.9 Å². The molecule has 0 bridgehead atoms. The molecule has 0 aliphatic heterocycles. The Morgan fingerprint density at radius 3 is 2.02 bits per heavy atom. The van der Waals surface area contributed by atoms with Crippen LogP contribution in [0.2, 0.25) is 5.02 Å². The fourth-order valence-corrected chi connectivity index (χ4v) is 6.60. The molecule has 2 amide bonds. The molecule has 7 nitrogen and oxygen atoms in total.